The molecule has 1 rings (SSSR count). The van der Waals surface area contributed by atoms with Crippen LogP contribution in [0.2, 0.25) is 0 Å². The molecular formula is C10H13BrN2O2. The average molecular weight is 273 g/mol. The Hall–Kier alpha value is -1.23. The molecule has 4 nitrogen and oxygen atoms in total. The van der Waals surface area contributed by atoms with Crippen LogP contribution in [0.4, 0.5) is 5.69 Å². The number of ether oxygens (including phenoxy) is 1. The SMILES string of the molecule is CN(C)C(=O)COc1c(N)cccc1Br. The molecule has 82 valence electrons. The highest BCUT2D eigenvalue weighted by Crippen LogP contribution is 2.30. The zero-order valence-electron chi connectivity index (χ0n) is 8.66. The summed E-state index contributed by atoms with van der Waals surface area (Å²) in [4.78, 5) is 12.7. The van der Waals surface area contributed by atoms with Crippen molar-refractivity contribution in [2.24, 2.45) is 0 Å². The number of anilines is 1. The van der Waals surface area contributed by atoms with Crippen LogP contribution in [0.15, 0.2) is 22.7 Å². The molecule has 0 aliphatic rings. The second-order valence-electron chi connectivity index (χ2n) is 3.24. The number of amides is 1. The molecule has 0 saturated heterocycles. The molecule has 1 amide bonds. The van der Waals surface area contributed by atoms with Crippen LogP contribution in [0.5, 0.6) is 5.75 Å². The van der Waals surface area contributed by atoms with E-state index in [0.29, 0.717) is 11.4 Å². The lowest BCUT2D eigenvalue weighted by Gasteiger charge is -2.13. The second-order valence-corrected chi connectivity index (χ2v) is 4.09. The first-order valence-corrected chi connectivity index (χ1v) is 5.18. The molecule has 15 heavy (non-hydrogen) atoms. The van der Waals surface area contributed by atoms with E-state index in [0.717, 1.165) is 4.47 Å². The quantitative estimate of drug-likeness (QED) is 0.849. The lowest BCUT2D eigenvalue weighted by atomic mass is 10.3. The van der Waals surface area contributed by atoms with Crippen LogP contribution in [0.1, 0.15) is 0 Å². The van der Waals surface area contributed by atoms with Gasteiger partial charge < -0.3 is 15.4 Å². The minimum absolute atomic E-state index is 0.0141. The van der Waals surface area contributed by atoms with Crippen LogP contribution >= 0.6 is 15.9 Å². The number of halogens is 1. The zero-order valence-corrected chi connectivity index (χ0v) is 10.2. The van der Waals surface area contributed by atoms with Crippen LogP contribution in [0, 0.1) is 0 Å². The van der Waals surface area contributed by atoms with Crippen molar-refractivity contribution in [1.82, 2.24) is 4.90 Å². The summed E-state index contributed by atoms with van der Waals surface area (Å²) in [5.74, 6) is 0.401. The zero-order chi connectivity index (χ0) is 11.4. The number of hydrogen-bond acceptors (Lipinski definition) is 3. The fraction of sp³-hybridized carbons (Fsp3) is 0.300. The fourth-order valence-corrected chi connectivity index (χ4v) is 1.44. The van der Waals surface area contributed by atoms with Crippen molar-refractivity contribution in [3.05, 3.63) is 22.7 Å². The Labute approximate surface area is 97.1 Å². The number of carbonyl (C=O) groups excluding carboxylic acids is 1. The molecule has 0 heterocycles. The monoisotopic (exact) mass is 272 g/mol. The fourth-order valence-electron chi connectivity index (χ4n) is 0.941. The van der Waals surface area contributed by atoms with E-state index in [2.05, 4.69) is 15.9 Å². The van der Waals surface area contributed by atoms with E-state index in [9.17, 15) is 4.79 Å². The maximum Gasteiger partial charge on any atom is 0.259 e. The van der Waals surface area contributed by atoms with Crippen molar-refractivity contribution in [3.63, 3.8) is 0 Å². The first-order chi connectivity index (χ1) is 7.02. The van der Waals surface area contributed by atoms with Gasteiger partial charge in [-0.05, 0) is 28.1 Å². The number of nitrogen functional groups attached to an aromatic ring is 1. The van der Waals surface area contributed by atoms with Crippen molar-refractivity contribution in [2.45, 2.75) is 0 Å². The number of benzene rings is 1. The highest BCUT2D eigenvalue weighted by atomic mass is 79.9. The number of para-hydroxylation sites is 1. The molecule has 0 aliphatic heterocycles. The summed E-state index contributed by atoms with van der Waals surface area (Å²) in [7, 11) is 3.35. The van der Waals surface area contributed by atoms with Crippen molar-refractivity contribution in [2.75, 3.05) is 26.4 Å². The molecule has 1 aromatic rings. The molecule has 0 spiro atoms. The van der Waals surface area contributed by atoms with E-state index in [1.54, 1.807) is 26.2 Å². The molecule has 0 aromatic heterocycles. The Balaban J connectivity index is 2.69. The molecule has 0 saturated carbocycles. The molecule has 0 aliphatic carbocycles. The molecule has 0 atom stereocenters. The lowest BCUT2D eigenvalue weighted by molar-refractivity contribution is -0.130. The van der Waals surface area contributed by atoms with Crippen LogP contribution in [-0.2, 0) is 4.79 Å². The van der Waals surface area contributed by atoms with E-state index in [1.165, 1.54) is 4.90 Å². The van der Waals surface area contributed by atoms with E-state index in [1.807, 2.05) is 6.07 Å². The Morgan fingerprint density at radius 3 is 2.73 bits per heavy atom. The number of nitrogens with zero attached hydrogens (tertiary/aromatic N) is 1. The van der Waals surface area contributed by atoms with Gasteiger partial charge in [0.15, 0.2) is 12.4 Å². The van der Waals surface area contributed by atoms with Gasteiger partial charge in [0.1, 0.15) is 0 Å². The van der Waals surface area contributed by atoms with Crippen LogP contribution < -0.4 is 10.5 Å². The normalized spacial score (nSPS) is 9.80. The van der Waals surface area contributed by atoms with E-state index in [-0.39, 0.29) is 12.5 Å². The maximum atomic E-state index is 11.3. The number of likely N-dealkylation sites (N-methyl/N-ethyl adjacent to an activating group) is 1. The third kappa shape index (κ3) is 3.13. The Bertz CT molecular complexity index is 346. The van der Waals surface area contributed by atoms with Crippen LogP contribution in [-0.4, -0.2) is 31.5 Å². The van der Waals surface area contributed by atoms with Gasteiger partial charge in [-0.25, -0.2) is 0 Å². The van der Waals surface area contributed by atoms with Crippen molar-refractivity contribution in [3.8, 4) is 5.75 Å². The highest BCUT2D eigenvalue weighted by molar-refractivity contribution is 9.10. The predicted molar refractivity (Wildman–Crippen MR) is 62.7 cm³/mol. The number of rotatable bonds is 3. The second kappa shape index (κ2) is 5.02. The smallest absolute Gasteiger partial charge is 0.259 e. The Morgan fingerprint density at radius 2 is 2.20 bits per heavy atom. The largest absolute Gasteiger partial charge is 0.480 e. The summed E-state index contributed by atoms with van der Waals surface area (Å²) >= 11 is 3.30. The van der Waals surface area contributed by atoms with Crippen LogP contribution in [0.3, 0.4) is 0 Å². The average Bonchev–Trinajstić information content (AvgIpc) is 2.16. The predicted octanol–water partition coefficient (Wildman–Crippen LogP) is 1.50. The number of carbonyl (C=O) groups is 1. The summed E-state index contributed by atoms with van der Waals surface area (Å²) in [6.07, 6.45) is 0. The molecule has 2 N–H and O–H groups in total. The van der Waals surface area contributed by atoms with Gasteiger partial charge in [0.2, 0.25) is 0 Å². The van der Waals surface area contributed by atoms with Gasteiger partial charge in [-0.15, -0.1) is 0 Å². The number of hydrogen-bond donors (Lipinski definition) is 1. The molecular weight excluding hydrogens is 260 g/mol. The maximum absolute atomic E-state index is 11.3. The first-order valence-electron chi connectivity index (χ1n) is 4.39. The molecule has 0 radical (unpaired) electrons. The molecule has 5 heteroatoms. The standard InChI is InChI=1S/C10H13BrN2O2/c1-13(2)9(14)6-15-10-7(11)4-3-5-8(10)12/h3-5H,6,12H2,1-2H3. The van der Waals surface area contributed by atoms with Gasteiger partial charge in [-0.1, -0.05) is 6.07 Å². The minimum atomic E-state index is -0.106. The van der Waals surface area contributed by atoms with Crippen molar-refractivity contribution >= 4 is 27.5 Å². The summed E-state index contributed by atoms with van der Waals surface area (Å²) in [6, 6.07) is 5.34. The molecule has 0 bridgehead atoms. The van der Waals surface area contributed by atoms with Crippen LogP contribution in [0.25, 0.3) is 0 Å². The van der Waals surface area contributed by atoms with Crippen molar-refractivity contribution < 1.29 is 9.53 Å². The highest BCUT2D eigenvalue weighted by Gasteiger charge is 2.09. The van der Waals surface area contributed by atoms with E-state index < -0.39 is 0 Å². The first kappa shape index (κ1) is 11.8. The molecule has 0 unspecified atom stereocenters. The van der Waals surface area contributed by atoms with E-state index in [4.69, 9.17) is 10.5 Å². The van der Waals surface area contributed by atoms with Gasteiger partial charge in [0.05, 0.1) is 10.2 Å². The van der Waals surface area contributed by atoms with Crippen molar-refractivity contribution in [1.29, 1.82) is 0 Å². The summed E-state index contributed by atoms with van der Waals surface area (Å²) in [5.41, 5.74) is 6.21. The topological polar surface area (TPSA) is 55.6 Å². The summed E-state index contributed by atoms with van der Waals surface area (Å²) in [5, 5.41) is 0. The summed E-state index contributed by atoms with van der Waals surface area (Å²) in [6.45, 7) is -0.0141. The summed E-state index contributed by atoms with van der Waals surface area (Å²) < 4.78 is 6.07. The van der Waals surface area contributed by atoms with Gasteiger partial charge in [0.25, 0.3) is 5.91 Å². The van der Waals surface area contributed by atoms with E-state index >= 15 is 0 Å². The number of nitrogens with two attached hydrogens (primary N) is 1. The van der Waals surface area contributed by atoms with Gasteiger partial charge in [-0.2, -0.15) is 0 Å². The molecule has 1 aromatic carbocycles. The molecule has 0 fully saturated rings. The Kier molecular flexibility index (Phi) is 3.96. The minimum Gasteiger partial charge on any atom is -0.480 e. The Morgan fingerprint density at radius 1 is 1.53 bits per heavy atom. The third-order valence-corrected chi connectivity index (χ3v) is 2.46. The third-order valence-electron chi connectivity index (χ3n) is 1.84. The lowest BCUT2D eigenvalue weighted by Crippen LogP contribution is -2.27. The van der Waals surface area contributed by atoms with Gasteiger partial charge in [0, 0.05) is 14.1 Å². The van der Waals surface area contributed by atoms with Gasteiger partial charge >= 0.3 is 0 Å². The van der Waals surface area contributed by atoms with Gasteiger partial charge in [-0.3, -0.25) is 4.79 Å².